The number of carbonyl (C=O) groups is 1. The van der Waals surface area contributed by atoms with Crippen LogP contribution in [0.15, 0.2) is 58.2 Å². The molecule has 0 spiro atoms. The van der Waals surface area contributed by atoms with E-state index in [0.29, 0.717) is 24.4 Å². The van der Waals surface area contributed by atoms with Gasteiger partial charge in [0, 0.05) is 18.5 Å². The number of aromatic amines is 1. The number of thioether (sulfide) groups is 1. The van der Waals surface area contributed by atoms with Crippen molar-refractivity contribution in [1.82, 2.24) is 20.2 Å². The number of para-hydroxylation sites is 2. The van der Waals surface area contributed by atoms with Gasteiger partial charge in [-0.05, 0) is 36.4 Å². The number of alkyl halides is 3. The van der Waals surface area contributed by atoms with Crippen molar-refractivity contribution in [1.29, 1.82) is 0 Å². The van der Waals surface area contributed by atoms with Gasteiger partial charge in [-0.1, -0.05) is 23.9 Å². The number of hydrogen-bond donors (Lipinski definition) is 2. The summed E-state index contributed by atoms with van der Waals surface area (Å²) >= 11 is 1.06. The molecule has 166 valence electrons. The number of carbonyl (C=O) groups excluding carboxylic acids is 1. The van der Waals surface area contributed by atoms with Crippen LogP contribution in [0.3, 0.4) is 0 Å². The summed E-state index contributed by atoms with van der Waals surface area (Å²) in [6.07, 6.45) is -3.68. The lowest BCUT2D eigenvalue weighted by Gasteiger charge is -2.09. The zero-order valence-corrected chi connectivity index (χ0v) is 17.2. The van der Waals surface area contributed by atoms with E-state index in [1.165, 1.54) is 12.1 Å². The highest BCUT2D eigenvalue weighted by Gasteiger charge is 2.30. The van der Waals surface area contributed by atoms with Crippen LogP contribution in [0.25, 0.3) is 11.0 Å². The summed E-state index contributed by atoms with van der Waals surface area (Å²) in [5, 5.41) is 10.7. The van der Waals surface area contributed by atoms with Gasteiger partial charge in [0.2, 0.25) is 11.8 Å². The molecule has 4 aromatic rings. The molecule has 1 amide bonds. The molecule has 4 rings (SSSR count). The number of anilines is 1. The number of benzene rings is 2. The molecule has 0 saturated heterocycles. The molecule has 0 fully saturated rings. The molecule has 2 aromatic heterocycles. The first kappa shape index (κ1) is 21.7. The first-order chi connectivity index (χ1) is 15.3. The molecule has 0 atom stereocenters. The number of hydrogen-bond acceptors (Lipinski definition) is 7. The number of halogens is 3. The van der Waals surface area contributed by atoms with Crippen LogP contribution in [0.5, 0.6) is 5.75 Å². The molecule has 12 heteroatoms. The third kappa shape index (κ3) is 6.00. The van der Waals surface area contributed by atoms with Crippen molar-refractivity contribution >= 4 is 34.4 Å². The van der Waals surface area contributed by atoms with Gasteiger partial charge in [-0.2, -0.15) is 0 Å². The summed E-state index contributed by atoms with van der Waals surface area (Å²) in [6.45, 7) is 0. The van der Waals surface area contributed by atoms with E-state index in [1.54, 1.807) is 0 Å². The third-order valence-corrected chi connectivity index (χ3v) is 4.98. The largest absolute Gasteiger partial charge is 0.573 e. The van der Waals surface area contributed by atoms with Gasteiger partial charge < -0.3 is 19.5 Å². The lowest BCUT2D eigenvalue weighted by Crippen LogP contribution is -2.17. The standard InChI is InChI=1S/C20H16F3N5O3S/c21-20(22,23)31-13-7-5-12(6-8-13)24-17(29)11-32-19-28-27-18(30-19)10-9-16-25-14-3-1-2-4-15(14)26-16/h1-8H,9-11H2,(H,24,29)(H,25,26). The van der Waals surface area contributed by atoms with Crippen LogP contribution in [0.4, 0.5) is 18.9 Å². The Morgan fingerprint density at radius 3 is 2.62 bits per heavy atom. The number of amides is 1. The van der Waals surface area contributed by atoms with Gasteiger partial charge in [0.1, 0.15) is 11.6 Å². The number of H-pyrrole nitrogens is 1. The van der Waals surface area contributed by atoms with E-state index in [4.69, 9.17) is 4.42 Å². The summed E-state index contributed by atoms with van der Waals surface area (Å²) in [5.41, 5.74) is 2.18. The minimum atomic E-state index is -4.77. The SMILES string of the molecule is O=C(CSc1nnc(CCc2nc3ccccc3[nH]2)o1)Nc1ccc(OC(F)(F)F)cc1. The maximum Gasteiger partial charge on any atom is 0.573 e. The number of nitrogens with zero attached hydrogens (tertiary/aromatic N) is 3. The molecular formula is C20H16F3N5O3S. The number of rotatable bonds is 8. The number of nitrogens with one attached hydrogen (secondary N) is 2. The van der Waals surface area contributed by atoms with Gasteiger partial charge in [0.15, 0.2) is 0 Å². The van der Waals surface area contributed by atoms with Crippen LogP contribution in [-0.2, 0) is 17.6 Å². The zero-order chi connectivity index (χ0) is 22.6. The van der Waals surface area contributed by atoms with Crippen molar-refractivity contribution < 1.29 is 27.1 Å². The molecule has 32 heavy (non-hydrogen) atoms. The highest BCUT2D eigenvalue weighted by molar-refractivity contribution is 7.99. The highest BCUT2D eigenvalue weighted by atomic mass is 32.2. The monoisotopic (exact) mass is 463 g/mol. The van der Waals surface area contributed by atoms with Crippen molar-refractivity contribution in [2.75, 3.05) is 11.1 Å². The predicted molar refractivity (Wildman–Crippen MR) is 110 cm³/mol. The van der Waals surface area contributed by atoms with Crippen LogP contribution in [0, 0.1) is 0 Å². The molecule has 0 bridgehead atoms. The highest BCUT2D eigenvalue weighted by Crippen LogP contribution is 2.24. The molecule has 0 aliphatic heterocycles. The van der Waals surface area contributed by atoms with Gasteiger partial charge in [-0.3, -0.25) is 4.79 Å². The maximum atomic E-state index is 12.2. The fraction of sp³-hybridized carbons (Fsp3) is 0.200. The molecule has 2 heterocycles. The lowest BCUT2D eigenvalue weighted by molar-refractivity contribution is -0.274. The number of fused-ring (bicyclic) bond motifs is 1. The topological polar surface area (TPSA) is 106 Å². The Balaban J connectivity index is 1.23. The van der Waals surface area contributed by atoms with E-state index >= 15 is 0 Å². The predicted octanol–water partition coefficient (Wildman–Crippen LogP) is 4.36. The van der Waals surface area contributed by atoms with Crippen molar-refractivity contribution in [2.24, 2.45) is 0 Å². The molecule has 2 N–H and O–H groups in total. The summed E-state index contributed by atoms with van der Waals surface area (Å²) in [6, 6.07) is 12.6. The van der Waals surface area contributed by atoms with Crippen LogP contribution < -0.4 is 10.1 Å². The molecule has 2 aromatic carbocycles. The summed E-state index contributed by atoms with van der Waals surface area (Å²) < 4.78 is 45.8. The lowest BCUT2D eigenvalue weighted by atomic mass is 10.3. The Morgan fingerprint density at radius 2 is 1.88 bits per heavy atom. The van der Waals surface area contributed by atoms with Gasteiger partial charge in [-0.25, -0.2) is 4.98 Å². The molecule has 0 radical (unpaired) electrons. The molecule has 0 aliphatic rings. The summed E-state index contributed by atoms with van der Waals surface area (Å²) in [5.74, 6) is 0.483. The molecular weight excluding hydrogens is 447 g/mol. The van der Waals surface area contributed by atoms with E-state index < -0.39 is 6.36 Å². The average Bonchev–Trinajstić information content (AvgIpc) is 3.37. The summed E-state index contributed by atoms with van der Waals surface area (Å²) in [4.78, 5) is 19.8. The first-order valence-corrected chi connectivity index (χ1v) is 10.4. The van der Waals surface area contributed by atoms with Crippen LogP contribution in [0.1, 0.15) is 11.7 Å². The van der Waals surface area contributed by atoms with Crippen LogP contribution in [0.2, 0.25) is 0 Å². The summed E-state index contributed by atoms with van der Waals surface area (Å²) in [7, 11) is 0. The van der Waals surface area contributed by atoms with Crippen molar-refractivity contribution in [3.63, 3.8) is 0 Å². The molecule has 0 saturated carbocycles. The van der Waals surface area contributed by atoms with Gasteiger partial charge in [0.25, 0.3) is 5.22 Å². The Kier molecular flexibility index (Phi) is 6.30. The smallest absolute Gasteiger partial charge is 0.416 e. The fourth-order valence-corrected chi connectivity index (χ4v) is 3.39. The number of aromatic nitrogens is 4. The zero-order valence-electron chi connectivity index (χ0n) is 16.3. The Hall–Kier alpha value is -3.54. The van der Waals surface area contributed by atoms with Crippen molar-refractivity contribution in [3.05, 3.63) is 60.2 Å². The number of ether oxygens (including phenoxy) is 1. The quantitative estimate of drug-likeness (QED) is 0.374. The van der Waals surface area contributed by atoms with Crippen LogP contribution >= 0.6 is 11.8 Å². The third-order valence-electron chi connectivity index (χ3n) is 4.16. The van der Waals surface area contributed by atoms with Crippen molar-refractivity contribution in [2.45, 2.75) is 24.4 Å². The Morgan fingerprint density at radius 1 is 1.09 bits per heavy atom. The second-order valence-electron chi connectivity index (χ2n) is 6.57. The fourth-order valence-electron chi connectivity index (χ4n) is 2.81. The van der Waals surface area contributed by atoms with Crippen LogP contribution in [-0.4, -0.2) is 38.2 Å². The number of imidazole rings is 1. The second-order valence-corrected chi connectivity index (χ2v) is 7.50. The van der Waals surface area contributed by atoms with E-state index in [9.17, 15) is 18.0 Å². The minimum Gasteiger partial charge on any atom is -0.416 e. The molecule has 0 aliphatic carbocycles. The second kappa shape index (κ2) is 9.30. The van der Waals surface area contributed by atoms with E-state index in [-0.39, 0.29) is 22.6 Å². The van der Waals surface area contributed by atoms with E-state index in [2.05, 4.69) is 30.2 Å². The Bertz CT molecular complexity index is 1170. The Labute approximate surface area is 183 Å². The number of aryl methyl sites for hydroxylation is 2. The van der Waals surface area contributed by atoms with Gasteiger partial charge in [0.05, 0.1) is 16.8 Å². The van der Waals surface area contributed by atoms with Crippen molar-refractivity contribution in [3.8, 4) is 5.75 Å². The maximum absolute atomic E-state index is 12.2. The molecule has 0 unspecified atom stereocenters. The first-order valence-electron chi connectivity index (χ1n) is 9.38. The van der Waals surface area contributed by atoms with E-state index in [1.807, 2.05) is 24.3 Å². The van der Waals surface area contributed by atoms with E-state index in [0.717, 1.165) is 40.8 Å². The van der Waals surface area contributed by atoms with Gasteiger partial charge >= 0.3 is 6.36 Å². The normalized spacial score (nSPS) is 11.6. The molecule has 8 nitrogen and oxygen atoms in total. The minimum absolute atomic E-state index is 0.00793. The average molecular weight is 463 g/mol. The van der Waals surface area contributed by atoms with Gasteiger partial charge in [-0.15, -0.1) is 23.4 Å².